The first-order valence-electron chi connectivity index (χ1n) is 8.85. The molecule has 26 heavy (non-hydrogen) atoms. The molecule has 138 valence electrons. The number of hydrogen-bond acceptors (Lipinski definition) is 4. The van der Waals surface area contributed by atoms with Crippen LogP contribution in [0, 0.1) is 0 Å². The molecule has 2 aliphatic rings. The van der Waals surface area contributed by atoms with E-state index in [1.165, 1.54) is 11.1 Å². The second-order valence-electron chi connectivity index (χ2n) is 7.17. The number of rotatable bonds is 4. The van der Waals surface area contributed by atoms with Gasteiger partial charge in [0.25, 0.3) is 5.91 Å². The van der Waals surface area contributed by atoms with Gasteiger partial charge in [-0.15, -0.1) is 11.3 Å². The maximum absolute atomic E-state index is 12.6. The largest absolute Gasteiger partial charge is 0.349 e. The minimum atomic E-state index is -3.17. The van der Waals surface area contributed by atoms with Crippen LogP contribution in [-0.4, -0.2) is 43.0 Å². The second kappa shape index (κ2) is 6.79. The Morgan fingerprint density at radius 1 is 1.12 bits per heavy atom. The quantitative estimate of drug-likeness (QED) is 0.872. The third kappa shape index (κ3) is 3.43. The van der Waals surface area contributed by atoms with Crippen molar-refractivity contribution >= 4 is 27.3 Å². The van der Waals surface area contributed by atoms with Gasteiger partial charge < -0.3 is 5.32 Å². The first-order valence-corrected chi connectivity index (χ1v) is 11.6. The molecule has 0 aliphatic carbocycles. The molecule has 0 spiro atoms. The predicted octanol–water partition coefficient (Wildman–Crippen LogP) is 3.10. The zero-order valence-corrected chi connectivity index (χ0v) is 16.2. The Hall–Kier alpha value is -1.70. The number of sulfonamides is 1. The Morgan fingerprint density at radius 2 is 1.77 bits per heavy atom. The molecule has 1 amide bonds. The van der Waals surface area contributed by atoms with E-state index in [1.807, 2.05) is 35.7 Å². The molecule has 2 saturated heterocycles. The van der Waals surface area contributed by atoms with E-state index >= 15 is 0 Å². The third-order valence-corrected chi connectivity index (χ3v) is 7.62. The van der Waals surface area contributed by atoms with Gasteiger partial charge in [-0.3, -0.25) is 4.79 Å². The Labute approximate surface area is 158 Å². The molecule has 7 heteroatoms. The van der Waals surface area contributed by atoms with Crippen molar-refractivity contribution in [2.24, 2.45) is 0 Å². The molecule has 5 nitrogen and oxygen atoms in total. The normalized spacial score (nSPS) is 26.0. The number of carbonyl (C=O) groups is 1. The lowest BCUT2D eigenvalue weighted by molar-refractivity contribution is 0.0909. The number of amides is 1. The highest BCUT2D eigenvalue weighted by molar-refractivity contribution is 7.88. The van der Waals surface area contributed by atoms with Crippen LogP contribution in [0.4, 0.5) is 0 Å². The summed E-state index contributed by atoms with van der Waals surface area (Å²) < 4.78 is 25.6. The fourth-order valence-electron chi connectivity index (χ4n) is 4.29. The summed E-state index contributed by atoms with van der Waals surface area (Å²) >= 11 is 1.67. The molecule has 2 atom stereocenters. The summed E-state index contributed by atoms with van der Waals surface area (Å²) in [5, 5.41) is 5.14. The SMILES string of the molecule is CS(=O)(=O)N1C2CCC1CC(NC(=O)c1ccc(-c3cccs3)cc1)C2. The van der Waals surface area contributed by atoms with Gasteiger partial charge in [0.05, 0.1) is 6.26 Å². The number of carbonyl (C=O) groups excluding carboxylic acids is 1. The summed E-state index contributed by atoms with van der Waals surface area (Å²) in [6.07, 6.45) is 4.46. The topological polar surface area (TPSA) is 66.5 Å². The van der Waals surface area contributed by atoms with Crippen LogP contribution >= 0.6 is 11.3 Å². The molecule has 2 aliphatic heterocycles. The molecule has 3 heterocycles. The summed E-state index contributed by atoms with van der Waals surface area (Å²) in [7, 11) is -3.17. The monoisotopic (exact) mass is 390 g/mol. The number of piperidine rings is 1. The van der Waals surface area contributed by atoms with Crippen LogP contribution in [-0.2, 0) is 10.0 Å². The van der Waals surface area contributed by atoms with E-state index < -0.39 is 10.0 Å². The molecule has 1 aromatic carbocycles. The first-order chi connectivity index (χ1) is 12.4. The molecule has 0 radical (unpaired) electrons. The number of hydrogen-bond donors (Lipinski definition) is 1. The lowest BCUT2D eigenvalue weighted by atomic mass is 9.99. The molecule has 1 N–H and O–H groups in total. The maximum atomic E-state index is 12.6. The average Bonchev–Trinajstić information content (AvgIpc) is 3.22. The third-order valence-electron chi connectivity index (χ3n) is 5.34. The fraction of sp³-hybridized carbons (Fsp3) is 0.421. The van der Waals surface area contributed by atoms with Crippen molar-refractivity contribution in [3.8, 4) is 10.4 Å². The van der Waals surface area contributed by atoms with E-state index in [2.05, 4.69) is 11.4 Å². The molecule has 1 aromatic heterocycles. The van der Waals surface area contributed by atoms with Crippen molar-refractivity contribution in [2.75, 3.05) is 6.26 Å². The fourth-order valence-corrected chi connectivity index (χ4v) is 6.49. The Bertz CT molecular complexity index is 877. The Kier molecular flexibility index (Phi) is 4.62. The smallest absolute Gasteiger partial charge is 0.251 e. The van der Waals surface area contributed by atoms with Crippen molar-refractivity contribution < 1.29 is 13.2 Å². The van der Waals surface area contributed by atoms with Crippen LogP contribution in [0.1, 0.15) is 36.0 Å². The molecule has 2 unspecified atom stereocenters. The molecule has 2 aromatic rings. The standard InChI is InChI=1S/C19H22N2O3S2/c1-26(23,24)21-16-8-9-17(21)12-15(11-16)20-19(22)14-6-4-13(5-7-14)18-3-2-10-25-18/h2-7,10,15-17H,8-9,11-12H2,1H3,(H,20,22). The van der Waals surface area contributed by atoms with E-state index in [1.54, 1.807) is 15.6 Å². The Morgan fingerprint density at radius 3 is 2.31 bits per heavy atom. The lowest BCUT2D eigenvalue weighted by Gasteiger charge is -2.37. The van der Waals surface area contributed by atoms with Crippen molar-refractivity contribution in [3.05, 3.63) is 47.3 Å². The number of fused-ring (bicyclic) bond motifs is 2. The van der Waals surface area contributed by atoms with Crippen LogP contribution in [0.15, 0.2) is 41.8 Å². The highest BCUT2D eigenvalue weighted by Crippen LogP contribution is 2.37. The zero-order valence-electron chi connectivity index (χ0n) is 14.6. The minimum Gasteiger partial charge on any atom is -0.349 e. The van der Waals surface area contributed by atoms with Crippen LogP contribution in [0.25, 0.3) is 10.4 Å². The zero-order chi connectivity index (χ0) is 18.3. The van der Waals surface area contributed by atoms with Crippen molar-refractivity contribution in [1.29, 1.82) is 0 Å². The second-order valence-corrected chi connectivity index (χ2v) is 10.0. The highest BCUT2D eigenvalue weighted by atomic mass is 32.2. The van der Waals surface area contributed by atoms with Crippen LogP contribution in [0.2, 0.25) is 0 Å². The number of nitrogens with one attached hydrogen (secondary N) is 1. The Balaban J connectivity index is 1.42. The van der Waals surface area contributed by atoms with Gasteiger partial charge in [-0.25, -0.2) is 8.42 Å². The van der Waals surface area contributed by atoms with Gasteiger partial charge in [0, 0.05) is 28.6 Å². The van der Waals surface area contributed by atoms with Gasteiger partial charge >= 0.3 is 0 Å². The lowest BCUT2D eigenvalue weighted by Crippen LogP contribution is -2.52. The van der Waals surface area contributed by atoms with Crippen molar-refractivity contribution in [1.82, 2.24) is 9.62 Å². The van der Waals surface area contributed by atoms with Crippen LogP contribution in [0.3, 0.4) is 0 Å². The number of thiophene rings is 1. The molecule has 0 saturated carbocycles. The van der Waals surface area contributed by atoms with E-state index in [0.29, 0.717) is 18.4 Å². The summed E-state index contributed by atoms with van der Waals surface area (Å²) in [6, 6.07) is 11.8. The summed E-state index contributed by atoms with van der Waals surface area (Å²) in [4.78, 5) is 13.8. The van der Waals surface area contributed by atoms with E-state index in [9.17, 15) is 13.2 Å². The molecule has 4 rings (SSSR count). The van der Waals surface area contributed by atoms with Crippen molar-refractivity contribution in [2.45, 2.75) is 43.8 Å². The molecular formula is C19H22N2O3S2. The van der Waals surface area contributed by atoms with Gasteiger partial charge in [0.1, 0.15) is 0 Å². The van der Waals surface area contributed by atoms with Gasteiger partial charge in [0.2, 0.25) is 10.0 Å². The number of benzene rings is 1. The maximum Gasteiger partial charge on any atom is 0.251 e. The van der Waals surface area contributed by atoms with Gasteiger partial charge in [-0.1, -0.05) is 18.2 Å². The predicted molar refractivity (Wildman–Crippen MR) is 104 cm³/mol. The van der Waals surface area contributed by atoms with Crippen LogP contribution in [0.5, 0.6) is 0 Å². The minimum absolute atomic E-state index is 0.0234. The summed E-state index contributed by atoms with van der Waals surface area (Å²) in [5.74, 6) is -0.0834. The van der Waals surface area contributed by atoms with E-state index in [0.717, 1.165) is 18.4 Å². The number of nitrogens with zero attached hydrogens (tertiary/aromatic N) is 1. The van der Waals surface area contributed by atoms with E-state index in [-0.39, 0.29) is 24.0 Å². The van der Waals surface area contributed by atoms with Crippen LogP contribution < -0.4 is 5.32 Å². The van der Waals surface area contributed by atoms with E-state index in [4.69, 9.17) is 0 Å². The average molecular weight is 391 g/mol. The molecule has 2 bridgehead atoms. The van der Waals surface area contributed by atoms with Gasteiger partial charge in [-0.05, 0) is 54.8 Å². The van der Waals surface area contributed by atoms with Gasteiger partial charge in [-0.2, -0.15) is 4.31 Å². The molecule has 2 fully saturated rings. The highest BCUT2D eigenvalue weighted by Gasteiger charge is 2.45. The summed E-state index contributed by atoms with van der Waals surface area (Å²) in [5.41, 5.74) is 1.75. The summed E-state index contributed by atoms with van der Waals surface area (Å²) in [6.45, 7) is 0. The van der Waals surface area contributed by atoms with Gasteiger partial charge in [0.15, 0.2) is 0 Å². The molecular weight excluding hydrogens is 368 g/mol. The van der Waals surface area contributed by atoms with Crippen molar-refractivity contribution in [3.63, 3.8) is 0 Å². The first kappa shape index (κ1) is 17.7.